The zero-order valence-corrected chi connectivity index (χ0v) is 11.4. The maximum atomic E-state index is 12.4. The van der Waals surface area contributed by atoms with Crippen molar-refractivity contribution in [2.24, 2.45) is 0 Å². The van der Waals surface area contributed by atoms with Crippen LogP contribution in [0, 0.1) is 11.3 Å². The monoisotopic (exact) mass is 286 g/mol. The van der Waals surface area contributed by atoms with Crippen LogP contribution in [0.15, 0.2) is 36.5 Å². The van der Waals surface area contributed by atoms with Crippen molar-refractivity contribution in [3.05, 3.63) is 52.7 Å². The van der Waals surface area contributed by atoms with E-state index in [1.165, 1.54) is 17.2 Å². The number of anilines is 2. The quantitative estimate of drug-likeness (QED) is 0.919. The van der Waals surface area contributed by atoms with Gasteiger partial charge in [0.15, 0.2) is 0 Å². The first-order valence-electron chi connectivity index (χ1n) is 5.72. The van der Waals surface area contributed by atoms with E-state index in [1.807, 2.05) is 6.07 Å². The molecule has 0 atom stereocenters. The van der Waals surface area contributed by atoms with Crippen molar-refractivity contribution in [3.8, 4) is 6.07 Å². The minimum Gasteiger partial charge on any atom is -0.384 e. The van der Waals surface area contributed by atoms with Crippen LogP contribution in [0.2, 0.25) is 5.02 Å². The molecule has 0 spiro atoms. The third kappa shape index (κ3) is 2.71. The van der Waals surface area contributed by atoms with Gasteiger partial charge < -0.3 is 10.6 Å². The van der Waals surface area contributed by atoms with E-state index in [4.69, 9.17) is 22.6 Å². The van der Waals surface area contributed by atoms with Gasteiger partial charge in [0.25, 0.3) is 5.91 Å². The normalized spacial score (nSPS) is 9.85. The van der Waals surface area contributed by atoms with E-state index < -0.39 is 0 Å². The van der Waals surface area contributed by atoms with E-state index >= 15 is 0 Å². The smallest absolute Gasteiger partial charge is 0.259 e. The number of nitriles is 1. The molecule has 0 saturated carbocycles. The third-order valence-electron chi connectivity index (χ3n) is 2.77. The highest BCUT2D eigenvalue weighted by Crippen LogP contribution is 2.22. The van der Waals surface area contributed by atoms with Gasteiger partial charge in [0, 0.05) is 18.9 Å². The zero-order chi connectivity index (χ0) is 14.7. The highest BCUT2D eigenvalue weighted by molar-refractivity contribution is 6.34. The zero-order valence-electron chi connectivity index (χ0n) is 10.7. The Bertz CT molecular complexity index is 709. The molecule has 5 nitrogen and oxygen atoms in total. The Morgan fingerprint density at radius 2 is 2.20 bits per heavy atom. The highest BCUT2D eigenvalue weighted by Gasteiger charge is 2.17. The number of carbonyl (C=O) groups is 1. The first-order chi connectivity index (χ1) is 9.52. The number of nitrogens with two attached hydrogens (primary N) is 1. The standard InChI is InChI=1S/C14H11ClN4O/c1-19(10-4-2-3-9(5-10)7-16)14(20)11-6-13(17)18-8-12(11)15/h2-6,8H,1H3,(H2,17,18). The van der Waals surface area contributed by atoms with Crippen LogP contribution in [0.25, 0.3) is 0 Å². The van der Waals surface area contributed by atoms with Gasteiger partial charge in [-0.2, -0.15) is 5.26 Å². The van der Waals surface area contributed by atoms with Crippen LogP contribution in [-0.2, 0) is 0 Å². The molecule has 0 saturated heterocycles. The number of nitrogen functional groups attached to an aromatic ring is 1. The lowest BCUT2D eigenvalue weighted by molar-refractivity contribution is 0.0993. The topological polar surface area (TPSA) is 83.0 Å². The minimum absolute atomic E-state index is 0.219. The summed E-state index contributed by atoms with van der Waals surface area (Å²) in [4.78, 5) is 17.6. The number of halogens is 1. The predicted molar refractivity (Wildman–Crippen MR) is 77.5 cm³/mol. The Morgan fingerprint density at radius 1 is 1.45 bits per heavy atom. The lowest BCUT2D eigenvalue weighted by Gasteiger charge is -2.18. The Kier molecular flexibility index (Phi) is 3.87. The van der Waals surface area contributed by atoms with Gasteiger partial charge in [-0.25, -0.2) is 4.98 Å². The first kappa shape index (κ1) is 13.8. The number of hydrogen-bond acceptors (Lipinski definition) is 4. The van der Waals surface area contributed by atoms with Crippen LogP contribution in [0.3, 0.4) is 0 Å². The van der Waals surface area contributed by atoms with Crippen LogP contribution in [0.5, 0.6) is 0 Å². The fourth-order valence-electron chi connectivity index (χ4n) is 1.70. The van der Waals surface area contributed by atoms with Crippen LogP contribution in [-0.4, -0.2) is 17.9 Å². The van der Waals surface area contributed by atoms with Gasteiger partial charge in [0.05, 0.1) is 22.2 Å². The van der Waals surface area contributed by atoms with Gasteiger partial charge in [-0.3, -0.25) is 4.79 Å². The number of amides is 1. The van der Waals surface area contributed by atoms with Crippen molar-refractivity contribution in [1.29, 1.82) is 5.26 Å². The summed E-state index contributed by atoms with van der Waals surface area (Å²) >= 11 is 5.96. The number of nitrogens with zero attached hydrogens (tertiary/aromatic N) is 3. The molecule has 0 aliphatic carbocycles. The van der Waals surface area contributed by atoms with Gasteiger partial charge in [-0.05, 0) is 24.3 Å². The third-order valence-corrected chi connectivity index (χ3v) is 3.08. The van der Waals surface area contributed by atoms with E-state index in [0.717, 1.165) is 0 Å². The molecule has 0 aliphatic heterocycles. The molecule has 1 heterocycles. The van der Waals surface area contributed by atoms with E-state index in [-0.39, 0.29) is 22.3 Å². The fraction of sp³-hybridized carbons (Fsp3) is 0.0714. The number of pyridine rings is 1. The van der Waals surface area contributed by atoms with Gasteiger partial charge in [0.1, 0.15) is 5.82 Å². The summed E-state index contributed by atoms with van der Waals surface area (Å²) in [6, 6.07) is 10.2. The summed E-state index contributed by atoms with van der Waals surface area (Å²) in [5.74, 6) is -0.101. The SMILES string of the molecule is CN(C(=O)c1cc(N)ncc1Cl)c1cccc(C#N)c1. The number of carbonyl (C=O) groups excluding carboxylic acids is 1. The molecule has 0 bridgehead atoms. The van der Waals surface area contributed by atoms with Crippen molar-refractivity contribution in [2.45, 2.75) is 0 Å². The summed E-state index contributed by atoms with van der Waals surface area (Å²) in [5, 5.41) is 9.11. The van der Waals surface area contributed by atoms with Crippen molar-refractivity contribution in [1.82, 2.24) is 4.98 Å². The summed E-state index contributed by atoms with van der Waals surface area (Å²) in [6.45, 7) is 0. The molecule has 0 radical (unpaired) electrons. The number of aromatic nitrogens is 1. The minimum atomic E-state index is -0.320. The molecule has 1 aromatic carbocycles. The Labute approximate surface area is 121 Å². The number of rotatable bonds is 2. The molecular weight excluding hydrogens is 276 g/mol. The van der Waals surface area contributed by atoms with E-state index in [2.05, 4.69) is 4.98 Å². The van der Waals surface area contributed by atoms with E-state index in [1.54, 1.807) is 31.3 Å². The second-order valence-electron chi connectivity index (χ2n) is 4.12. The Balaban J connectivity index is 2.37. The Hall–Kier alpha value is -2.58. The molecule has 6 heteroatoms. The molecule has 100 valence electrons. The summed E-state index contributed by atoms with van der Waals surface area (Å²) in [7, 11) is 1.60. The molecule has 1 aromatic heterocycles. The molecule has 2 aromatic rings. The Morgan fingerprint density at radius 3 is 2.90 bits per heavy atom. The molecule has 0 aliphatic rings. The second-order valence-corrected chi connectivity index (χ2v) is 4.52. The lowest BCUT2D eigenvalue weighted by atomic mass is 10.1. The van der Waals surface area contributed by atoms with Crippen molar-refractivity contribution in [2.75, 3.05) is 17.7 Å². The molecule has 20 heavy (non-hydrogen) atoms. The summed E-state index contributed by atoms with van der Waals surface area (Å²) in [5.41, 5.74) is 6.91. The molecular formula is C14H11ClN4O. The van der Waals surface area contributed by atoms with Crippen LogP contribution >= 0.6 is 11.6 Å². The van der Waals surface area contributed by atoms with Gasteiger partial charge in [-0.1, -0.05) is 17.7 Å². The van der Waals surface area contributed by atoms with Crippen LogP contribution < -0.4 is 10.6 Å². The number of benzene rings is 1. The molecule has 2 N–H and O–H groups in total. The maximum Gasteiger partial charge on any atom is 0.259 e. The van der Waals surface area contributed by atoms with Crippen molar-refractivity contribution >= 4 is 29.0 Å². The first-order valence-corrected chi connectivity index (χ1v) is 6.10. The van der Waals surface area contributed by atoms with Crippen LogP contribution in [0.1, 0.15) is 15.9 Å². The average molecular weight is 287 g/mol. The maximum absolute atomic E-state index is 12.4. The number of hydrogen-bond donors (Lipinski definition) is 1. The average Bonchev–Trinajstić information content (AvgIpc) is 2.48. The van der Waals surface area contributed by atoms with Crippen molar-refractivity contribution in [3.63, 3.8) is 0 Å². The fourth-order valence-corrected chi connectivity index (χ4v) is 1.88. The van der Waals surface area contributed by atoms with Gasteiger partial charge >= 0.3 is 0 Å². The summed E-state index contributed by atoms with van der Waals surface area (Å²) < 4.78 is 0. The van der Waals surface area contributed by atoms with E-state index in [0.29, 0.717) is 11.3 Å². The predicted octanol–water partition coefficient (Wildman–Crippen LogP) is 2.47. The van der Waals surface area contributed by atoms with Crippen molar-refractivity contribution < 1.29 is 4.79 Å². The largest absolute Gasteiger partial charge is 0.384 e. The van der Waals surface area contributed by atoms with Crippen LogP contribution in [0.4, 0.5) is 11.5 Å². The molecule has 0 unspecified atom stereocenters. The van der Waals surface area contributed by atoms with Gasteiger partial charge in [-0.15, -0.1) is 0 Å². The highest BCUT2D eigenvalue weighted by atomic mass is 35.5. The van der Waals surface area contributed by atoms with E-state index in [9.17, 15) is 4.79 Å². The lowest BCUT2D eigenvalue weighted by Crippen LogP contribution is -2.26. The summed E-state index contributed by atoms with van der Waals surface area (Å²) in [6.07, 6.45) is 1.34. The second kappa shape index (κ2) is 5.59. The molecule has 2 rings (SSSR count). The molecule has 0 fully saturated rings. The molecule has 1 amide bonds. The van der Waals surface area contributed by atoms with Gasteiger partial charge in [0.2, 0.25) is 0 Å².